The van der Waals surface area contributed by atoms with Gasteiger partial charge in [-0.05, 0) is 61.4 Å². The third kappa shape index (κ3) is 3.59. The highest BCUT2D eigenvalue weighted by atomic mass is 16.2. The highest BCUT2D eigenvalue weighted by Crippen LogP contribution is 2.30. The molecular formula is C21H21N5O2. The highest BCUT2D eigenvalue weighted by molar-refractivity contribution is 6.07. The molecule has 3 aromatic rings. The molecule has 28 heavy (non-hydrogen) atoms. The van der Waals surface area contributed by atoms with E-state index in [1.807, 2.05) is 30.5 Å². The molecule has 0 radical (unpaired) electrons. The van der Waals surface area contributed by atoms with Crippen LogP contribution < -0.4 is 16.0 Å². The molecule has 0 saturated carbocycles. The number of nitrogens with zero attached hydrogens (tertiary/aromatic N) is 3. The Morgan fingerprint density at radius 2 is 1.71 bits per heavy atom. The lowest BCUT2D eigenvalue weighted by atomic mass is 10.1. The SMILES string of the molecule is NC(=O)c1ccc(N2CCCC2)c(NC(=O)c2ccc(-n3cccn3)cc2)c1. The maximum atomic E-state index is 12.8. The van der Waals surface area contributed by atoms with Gasteiger partial charge in [0, 0.05) is 36.6 Å². The van der Waals surface area contributed by atoms with Crippen molar-refractivity contribution in [3.63, 3.8) is 0 Å². The molecule has 0 spiro atoms. The predicted molar refractivity (Wildman–Crippen MR) is 108 cm³/mol. The zero-order valence-corrected chi connectivity index (χ0v) is 15.3. The van der Waals surface area contributed by atoms with E-state index in [0.29, 0.717) is 16.8 Å². The second-order valence-corrected chi connectivity index (χ2v) is 6.74. The Kier molecular flexibility index (Phi) is 4.80. The maximum Gasteiger partial charge on any atom is 0.255 e. The van der Waals surface area contributed by atoms with Crippen molar-refractivity contribution in [1.29, 1.82) is 0 Å². The molecule has 1 fully saturated rings. The first-order chi connectivity index (χ1) is 13.6. The number of rotatable bonds is 5. The van der Waals surface area contributed by atoms with E-state index in [1.54, 1.807) is 35.1 Å². The summed E-state index contributed by atoms with van der Waals surface area (Å²) in [5, 5.41) is 7.12. The van der Waals surface area contributed by atoms with Crippen molar-refractivity contribution < 1.29 is 9.59 Å². The van der Waals surface area contributed by atoms with Gasteiger partial charge in [0.15, 0.2) is 0 Å². The minimum Gasteiger partial charge on any atom is -0.370 e. The van der Waals surface area contributed by atoms with Gasteiger partial charge >= 0.3 is 0 Å². The molecule has 7 nitrogen and oxygen atoms in total. The molecule has 0 bridgehead atoms. The first-order valence-corrected chi connectivity index (χ1v) is 9.22. The molecule has 1 aromatic heterocycles. The fraction of sp³-hybridized carbons (Fsp3) is 0.190. The van der Waals surface area contributed by atoms with Crippen LogP contribution in [0.1, 0.15) is 33.6 Å². The van der Waals surface area contributed by atoms with Crippen LogP contribution >= 0.6 is 0 Å². The molecule has 2 aromatic carbocycles. The van der Waals surface area contributed by atoms with Crippen molar-refractivity contribution in [1.82, 2.24) is 9.78 Å². The van der Waals surface area contributed by atoms with E-state index in [0.717, 1.165) is 37.3 Å². The molecular weight excluding hydrogens is 354 g/mol. The Balaban J connectivity index is 1.59. The van der Waals surface area contributed by atoms with Crippen molar-refractivity contribution in [3.8, 4) is 5.69 Å². The standard InChI is InChI=1S/C21H21N5O2/c22-20(27)16-6-9-19(25-11-1-2-12-25)18(14-16)24-21(28)15-4-7-17(8-5-15)26-13-3-10-23-26/h3-10,13-14H,1-2,11-12H2,(H2,22,27)(H,24,28). The summed E-state index contributed by atoms with van der Waals surface area (Å²) >= 11 is 0. The predicted octanol–water partition coefficient (Wildman–Crippen LogP) is 2.82. The molecule has 2 heterocycles. The molecule has 4 rings (SSSR count). The number of carbonyl (C=O) groups is 2. The number of aromatic nitrogens is 2. The molecule has 1 aliphatic heterocycles. The van der Waals surface area contributed by atoms with E-state index in [-0.39, 0.29) is 5.91 Å². The van der Waals surface area contributed by atoms with Crippen molar-refractivity contribution in [2.24, 2.45) is 5.73 Å². The summed E-state index contributed by atoms with van der Waals surface area (Å²) in [7, 11) is 0. The molecule has 1 saturated heterocycles. The number of carbonyl (C=O) groups excluding carboxylic acids is 2. The lowest BCUT2D eigenvalue weighted by Gasteiger charge is -2.22. The van der Waals surface area contributed by atoms with Gasteiger partial charge in [0.2, 0.25) is 5.91 Å². The van der Waals surface area contributed by atoms with Gasteiger partial charge in [-0.3, -0.25) is 9.59 Å². The summed E-state index contributed by atoms with van der Waals surface area (Å²) in [6, 6.07) is 14.2. The third-order valence-corrected chi connectivity index (χ3v) is 4.87. The van der Waals surface area contributed by atoms with Gasteiger partial charge in [-0.25, -0.2) is 4.68 Å². The van der Waals surface area contributed by atoms with Crippen LogP contribution in [0.15, 0.2) is 60.9 Å². The smallest absolute Gasteiger partial charge is 0.255 e. The fourth-order valence-corrected chi connectivity index (χ4v) is 3.40. The Bertz CT molecular complexity index is 990. The molecule has 0 unspecified atom stereocenters. The minimum absolute atomic E-state index is 0.242. The quantitative estimate of drug-likeness (QED) is 0.717. The van der Waals surface area contributed by atoms with Crippen molar-refractivity contribution in [2.45, 2.75) is 12.8 Å². The molecule has 0 aliphatic carbocycles. The Morgan fingerprint density at radius 3 is 2.36 bits per heavy atom. The van der Waals surface area contributed by atoms with Gasteiger partial charge in [0.1, 0.15) is 0 Å². The zero-order valence-electron chi connectivity index (χ0n) is 15.3. The summed E-state index contributed by atoms with van der Waals surface area (Å²) < 4.78 is 1.73. The molecule has 0 atom stereocenters. The maximum absolute atomic E-state index is 12.8. The first kappa shape index (κ1) is 17.8. The van der Waals surface area contributed by atoms with E-state index < -0.39 is 5.91 Å². The van der Waals surface area contributed by atoms with Crippen LogP contribution in [0.5, 0.6) is 0 Å². The number of amides is 2. The molecule has 2 amide bonds. The lowest BCUT2D eigenvalue weighted by molar-refractivity contribution is 0.0996. The van der Waals surface area contributed by atoms with Crippen LogP contribution in [0.2, 0.25) is 0 Å². The largest absolute Gasteiger partial charge is 0.370 e. The van der Waals surface area contributed by atoms with Gasteiger partial charge in [0.05, 0.1) is 17.1 Å². The zero-order chi connectivity index (χ0) is 19.5. The van der Waals surface area contributed by atoms with E-state index >= 15 is 0 Å². The van der Waals surface area contributed by atoms with Crippen LogP contribution in [0, 0.1) is 0 Å². The Hall–Kier alpha value is -3.61. The number of hydrogen-bond donors (Lipinski definition) is 2. The van der Waals surface area contributed by atoms with Crippen molar-refractivity contribution in [3.05, 3.63) is 72.1 Å². The van der Waals surface area contributed by atoms with Gasteiger partial charge in [-0.15, -0.1) is 0 Å². The summed E-state index contributed by atoms with van der Waals surface area (Å²) in [5.74, 6) is -0.763. The van der Waals surface area contributed by atoms with E-state index in [9.17, 15) is 9.59 Å². The highest BCUT2D eigenvalue weighted by Gasteiger charge is 2.19. The van der Waals surface area contributed by atoms with E-state index in [1.165, 1.54) is 0 Å². The third-order valence-electron chi connectivity index (χ3n) is 4.87. The van der Waals surface area contributed by atoms with E-state index in [2.05, 4.69) is 15.3 Å². The summed E-state index contributed by atoms with van der Waals surface area (Å²) in [5.41, 5.74) is 8.68. The Morgan fingerprint density at radius 1 is 1.00 bits per heavy atom. The second-order valence-electron chi connectivity index (χ2n) is 6.74. The Labute approximate surface area is 162 Å². The lowest BCUT2D eigenvalue weighted by Crippen LogP contribution is -2.22. The monoisotopic (exact) mass is 375 g/mol. The molecule has 3 N–H and O–H groups in total. The number of primary amides is 1. The van der Waals surface area contributed by atoms with Gasteiger partial charge in [-0.1, -0.05) is 0 Å². The summed E-state index contributed by atoms with van der Waals surface area (Å²) in [4.78, 5) is 26.6. The van der Waals surface area contributed by atoms with Crippen LogP contribution in [0.3, 0.4) is 0 Å². The molecule has 1 aliphatic rings. The fourth-order valence-electron chi connectivity index (χ4n) is 3.40. The number of nitrogens with one attached hydrogen (secondary N) is 1. The number of nitrogens with two attached hydrogens (primary N) is 1. The average molecular weight is 375 g/mol. The van der Waals surface area contributed by atoms with Crippen LogP contribution in [0.4, 0.5) is 11.4 Å². The number of benzene rings is 2. The minimum atomic E-state index is -0.521. The summed E-state index contributed by atoms with van der Waals surface area (Å²) in [6.07, 6.45) is 5.76. The number of hydrogen-bond acceptors (Lipinski definition) is 4. The first-order valence-electron chi connectivity index (χ1n) is 9.22. The molecule has 7 heteroatoms. The normalized spacial score (nSPS) is 13.5. The van der Waals surface area contributed by atoms with Crippen LogP contribution in [0.25, 0.3) is 5.69 Å². The summed E-state index contributed by atoms with van der Waals surface area (Å²) in [6.45, 7) is 1.86. The van der Waals surface area contributed by atoms with Crippen LogP contribution in [-0.4, -0.2) is 34.7 Å². The van der Waals surface area contributed by atoms with Crippen molar-refractivity contribution in [2.75, 3.05) is 23.3 Å². The average Bonchev–Trinajstić information content (AvgIpc) is 3.42. The topological polar surface area (TPSA) is 93.3 Å². The van der Waals surface area contributed by atoms with Gasteiger partial charge in [-0.2, -0.15) is 5.10 Å². The van der Waals surface area contributed by atoms with Crippen molar-refractivity contribution >= 4 is 23.2 Å². The second kappa shape index (κ2) is 7.56. The van der Waals surface area contributed by atoms with Crippen LogP contribution in [-0.2, 0) is 0 Å². The van der Waals surface area contributed by atoms with E-state index in [4.69, 9.17) is 5.73 Å². The van der Waals surface area contributed by atoms with Gasteiger partial charge < -0.3 is 16.0 Å². The number of anilines is 2. The molecule has 142 valence electrons. The van der Waals surface area contributed by atoms with Gasteiger partial charge in [0.25, 0.3) is 5.91 Å².